The Morgan fingerprint density at radius 3 is 2.04 bits per heavy atom. The minimum Gasteiger partial charge on any atom is -0.453 e. The zero-order valence-electron chi connectivity index (χ0n) is 13.0. The molecule has 4 aromatic rings. The van der Waals surface area contributed by atoms with E-state index in [0.717, 1.165) is 16.5 Å². The number of fused-ring (bicyclic) bond motifs is 1. The van der Waals surface area contributed by atoms with Gasteiger partial charge in [-0.2, -0.15) is 0 Å². The lowest BCUT2D eigenvalue weighted by Gasteiger charge is -2.09. The average molecular weight is 311 g/mol. The molecule has 0 aliphatic rings. The highest BCUT2D eigenvalue weighted by atomic mass is 16.5. The summed E-state index contributed by atoms with van der Waals surface area (Å²) in [4.78, 5) is 0. The Labute approximate surface area is 140 Å². The summed E-state index contributed by atoms with van der Waals surface area (Å²) >= 11 is 0. The van der Waals surface area contributed by atoms with Gasteiger partial charge in [0.15, 0.2) is 5.75 Å². The lowest BCUT2D eigenvalue weighted by molar-refractivity contribution is 0.334. The first-order valence-electron chi connectivity index (χ1n) is 7.83. The molecule has 24 heavy (non-hydrogen) atoms. The van der Waals surface area contributed by atoms with Crippen LogP contribution in [0.2, 0.25) is 0 Å². The summed E-state index contributed by atoms with van der Waals surface area (Å²) in [6.07, 6.45) is 0. The van der Waals surface area contributed by atoms with Gasteiger partial charge in [-0.05, 0) is 34.7 Å². The molecule has 2 nitrogen and oxygen atoms in total. The van der Waals surface area contributed by atoms with Crippen molar-refractivity contribution >= 4 is 10.8 Å². The second-order valence-corrected chi connectivity index (χ2v) is 5.61. The fourth-order valence-electron chi connectivity index (χ4n) is 2.78. The third-order valence-corrected chi connectivity index (χ3v) is 4.03. The topological polar surface area (TPSA) is 29.1 Å². The van der Waals surface area contributed by atoms with Gasteiger partial charge in [-0.25, -0.2) is 0 Å². The largest absolute Gasteiger partial charge is 0.453 e. The van der Waals surface area contributed by atoms with Crippen LogP contribution in [0.3, 0.4) is 0 Å². The SMILES string of the molecule is [O]c1c(Oc2ccc(-c3ccccc3)cc2)ccc2ccccc12. The van der Waals surface area contributed by atoms with E-state index in [-0.39, 0.29) is 5.75 Å². The fourth-order valence-corrected chi connectivity index (χ4v) is 2.78. The van der Waals surface area contributed by atoms with Gasteiger partial charge in [0.1, 0.15) is 5.75 Å². The van der Waals surface area contributed by atoms with Crippen molar-refractivity contribution in [2.75, 3.05) is 0 Å². The number of hydrogen-bond acceptors (Lipinski definition) is 1. The summed E-state index contributed by atoms with van der Waals surface area (Å²) in [5.41, 5.74) is 2.27. The van der Waals surface area contributed by atoms with Crippen LogP contribution in [0.4, 0.5) is 0 Å². The van der Waals surface area contributed by atoms with Crippen LogP contribution in [0.25, 0.3) is 21.9 Å². The Kier molecular flexibility index (Phi) is 3.64. The molecule has 0 aromatic heterocycles. The van der Waals surface area contributed by atoms with Crippen molar-refractivity contribution in [3.63, 3.8) is 0 Å². The maximum Gasteiger partial charge on any atom is 0.228 e. The predicted octanol–water partition coefficient (Wildman–Crippen LogP) is 6.44. The summed E-state index contributed by atoms with van der Waals surface area (Å²) in [7, 11) is 0. The van der Waals surface area contributed by atoms with Gasteiger partial charge < -0.3 is 4.74 Å². The van der Waals surface area contributed by atoms with Crippen molar-refractivity contribution < 1.29 is 9.84 Å². The number of rotatable bonds is 3. The fraction of sp³-hybridized carbons (Fsp3) is 0. The van der Waals surface area contributed by atoms with Gasteiger partial charge in [-0.15, -0.1) is 0 Å². The molecule has 0 amide bonds. The van der Waals surface area contributed by atoms with Gasteiger partial charge in [0.2, 0.25) is 5.75 Å². The Morgan fingerprint density at radius 1 is 0.583 bits per heavy atom. The molecule has 1 radical (unpaired) electrons. The third-order valence-electron chi connectivity index (χ3n) is 4.03. The van der Waals surface area contributed by atoms with E-state index >= 15 is 0 Å². The molecule has 0 spiro atoms. The monoisotopic (exact) mass is 311 g/mol. The maximum atomic E-state index is 12.5. The molecule has 0 unspecified atom stereocenters. The quantitative estimate of drug-likeness (QED) is 0.428. The van der Waals surface area contributed by atoms with E-state index in [1.165, 1.54) is 0 Å². The molecule has 0 N–H and O–H groups in total. The van der Waals surface area contributed by atoms with E-state index < -0.39 is 0 Å². The summed E-state index contributed by atoms with van der Waals surface area (Å²) in [6.45, 7) is 0. The van der Waals surface area contributed by atoms with Crippen LogP contribution in [0.1, 0.15) is 0 Å². The zero-order chi connectivity index (χ0) is 16.4. The van der Waals surface area contributed by atoms with E-state index in [2.05, 4.69) is 12.1 Å². The Balaban J connectivity index is 1.63. The first-order chi connectivity index (χ1) is 11.8. The Bertz CT molecular complexity index is 974. The molecule has 0 saturated heterocycles. The molecule has 2 heteroatoms. The Hall–Kier alpha value is -3.26. The van der Waals surface area contributed by atoms with Crippen LogP contribution in [-0.2, 0) is 5.11 Å². The molecular formula is C22H15O2. The van der Waals surface area contributed by atoms with E-state index in [1.807, 2.05) is 72.8 Å². The minimum absolute atomic E-state index is 0.0831. The standard InChI is InChI=1S/C22H15O2/c23-22-20-9-5-4-8-18(20)12-15-21(22)24-19-13-10-17(11-14-19)16-6-2-1-3-7-16/h1-15H. The highest BCUT2D eigenvalue weighted by molar-refractivity contribution is 5.90. The molecule has 0 heterocycles. The van der Waals surface area contributed by atoms with Gasteiger partial charge in [0.05, 0.1) is 0 Å². The molecule has 0 atom stereocenters. The third kappa shape index (κ3) is 2.70. The average Bonchev–Trinajstić information content (AvgIpc) is 2.66. The van der Waals surface area contributed by atoms with Crippen molar-refractivity contribution in [1.29, 1.82) is 0 Å². The smallest absolute Gasteiger partial charge is 0.228 e. The van der Waals surface area contributed by atoms with E-state index in [0.29, 0.717) is 16.9 Å². The first-order valence-corrected chi connectivity index (χ1v) is 7.83. The first kappa shape index (κ1) is 14.3. The molecular weight excluding hydrogens is 296 g/mol. The van der Waals surface area contributed by atoms with Crippen LogP contribution < -0.4 is 4.74 Å². The highest BCUT2D eigenvalue weighted by Crippen LogP contribution is 2.37. The molecule has 0 aliphatic carbocycles. The number of benzene rings is 4. The normalized spacial score (nSPS) is 10.7. The van der Waals surface area contributed by atoms with Crippen molar-refractivity contribution in [3.05, 3.63) is 91.0 Å². The molecule has 4 rings (SSSR count). The van der Waals surface area contributed by atoms with Crippen LogP contribution in [0, 0.1) is 0 Å². The van der Waals surface area contributed by atoms with E-state index in [4.69, 9.17) is 4.74 Å². The minimum atomic E-state index is -0.0831. The van der Waals surface area contributed by atoms with Crippen LogP contribution in [0.5, 0.6) is 17.2 Å². The second-order valence-electron chi connectivity index (χ2n) is 5.61. The molecule has 0 aliphatic heterocycles. The molecule has 0 bridgehead atoms. The van der Waals surface area contributed by atoms with Crippen LogP contribution in [0.15, 0.2) is 91.0 Å². The van der Waals surface area contributed by atoms with Crippen molar-refractivity contribution in [1.82, 2.24) is 0 Å². The number of hydrogen-bond donors (Lipinski definition) is 0. The maximum absolute atomic E-state index is 12.5. The van der Waals surface area contributed by atoms with Gasteiger partial charge in [-0.3, -0.25) is 5.11 Å². The van der Waals surface area contributed by atoms with Crippen LogP contribution in [-0.4, -0.2) is 0 Å². The summed E-state index contributed by atoms with van der Waals surface area (Å²) in [5.74, 6) is 0.920. The second kappa shape index (κ2) is 6.09. The van der Waals surface area contributed by atoms with Gasteiger partial charge >= 0.3 is 0 Å². The molecule has 4 aromatic carbocycles. The van der Waals surface area contributed by atoms with E-state index in [1.54, 1.807) is 6.07 Å². The Morgan fingerprint density at radius 2 is 1.25 bits per heavy atom. The lowest BCUT2D eigenvalue weighted by atomic mass is 10.1. The molecule has 115 valence electrons. The van der Waals surface area contributed by atoms with Crippen molar-refractivity contribution in [2.45, 2.75) is 0 Å². The summed E-state index contributed by atoms with van der Waals surface area (Å²) < 4.78 is 5.80. The van der Waals surface area contributed by atoms with Gasteiger partial charge in [-0.1, -0.05) is 72.8 Å². The number of ether oxygens (including phenoxy) is 1. The van der Waals surface area contributed by atoms with Crippen molar-refractivity contribution in [2.24, 2.45) is 0 Å². The van der Waals surface area contributed by atoms with Gasteiger partial charge in [0, 0.05) is 5.39 Å². The van der Waals surface area contributed by atoms with Crippen molar-refractivity contribution in [3.8, 4) is 28.4 Å². The van der Waals surface area contributed by atoms with E-state index in [9.17, 15) is 5.11 Å². The van der Waals surface area contributed by atoms with Gasteiger partial charge in [0.25, 0.3) is 0 Å². The molecule has 0 fully saturated rings. The van der Waals surface area contributed by atoms with Crippen LogP contribution >= 0.6 is 0 Å². The zero-order valence-corrected chi connectivity index (χ0v) is 13.0. The predicted molar refractivity (Wildman–Crippen MR) is 96.0 cm³/mol. The summed E-state index contributed by atoms with van der Waals surface area (Å²) in [6, 6.07) is 29.1. The summed E-state index contributed by atoms with van der Waals surface area (Å²) in [5, 5.41) is 14.1. The molecule has 0 saturated carbocycles. The highest BCUT2D eigenvalue weighted by Gasteiger charge is 2.10. The lowest BCUT2D eigenvalue weighted by Crippen LogP contribution is -1.86.